The molecule has 1 aliphatic carbocycles. The first-order valence-corrected chi connectivity index (χ1v) is 8.12. The Hall–Kier alpha value is -3.48. The third-order valence-corrected chi connectivity index (χ3v) is 4.19. The van der Waals surface area contributed by atoms with Gasteiger partial charge in [-0.1, -0.05) is 30.3 Å². The zero-order chi connectivity index (χ0) is 18.5. The van der Waals surface area contributed by atoms with Crippen molar-refractivity contribution in [2.75, 3.05) is 0 Å². The van der Waals surface area contributed by atoms with Gasteiger partial charge in [0.25, 0.3) is 11.6 Å². The topological polar surface area (TPSA) is 101 Å². The Bertz CT molecular complexity index is 847. The molecule has 0 saturated heterocycles. The molecule has 0 bridgehead atoms. The number of nitro groups is 1. The minimum Gasteiger partial charge on any atom is -0.273 e. The fourth-order valence-corrected chi connectivity index (χ4v) is 2.69. The fourth-order valence-electron chi connectivity index (χ4n) is 2.69. The molecule has 7 nitrogen and oxygen atoms in total. The highest BCUT2D eigenvalue weighted by Gasteiger charge is 2.43. The molecule has 2 aromatic carbocycles. The number of hydrazine groups is 1. The van der Waals surface area contributed by atoms with E-state index in [9.17, 15) is 19.7 Å². The predicted molar refractivity (Wildman–Crippen MR) is 95.7 cm³/mol. The highest BCUT2D eigenvalue weighted by Crippen LogP contribution is 2.47. The average molecular weight is 351 g/mol. The minimum atomic E-state index is -0.490. The molecule has 2 aromatic rings. The number of non-ortho nitro benzene ring substituents is 1. The highest BCUT2D eigenvalue weighted by molar-refractivity contribution is 5.93. The van der Waals surface area contributed by atoms with Crippen LogP contribution in [0.25, 0.3) is 6.08 Å². The first-order valence-electron chi connectivity index (χ1n) is 8.12. The molecule has 2 atom stereocenters. The SMILES string of the molecule is O=C(C=Cc1ccc([N+](=O)[O-])cc1)NNC(=O)C1CC1c1ccccc1. The van der Waals surface area contributed by atoms with E-state index < -0.39 is 10.8 Å². The molecule has 1 fully saturated rings. The van der Waals surface area contributed by atoms with Crippen molar-refractivity contribution in [3.63, 3.8) is 0 Å². The Balaban J connectivity index is 1.45. The first-order chi connectivity index (χ1) is 12.5. The van der Waals surface area contributed by atoms with Crippen LogP contribution < -0.4 is 10.9 Å². The van der Waals surface area contributed by atoms with Crippen molar-refractivity contribution in [1.82, 2.24) is 10.9 Å². The minimum absolute atomic E-state index is 0.0173. The van der Waals surface area contributed by atoms with Crippen LogP contribution in [0.1, 0.15) is 23.5 Å². The summed E-state index contributed by atoms with van der Waals surface area (Å²) in [6, 6.07) is 15.6. The monoisotopic (exact) mass is 351 g/mol. The van der Waals surface area contributed by atoms with Crippen molar-refractivity contribution >= 4 is 23.6 Å². The van der Waals surface area contributed by atoms with Crippen LogP contribution in [0.2, 0.25) is 0 Å². The molecule has 0 heterocycles. The number of carbonyl (C=O) groups excluding carboxylic acids is 2. The third kappa shape index (κ3) is 4.32. The van der Waals surface area contributed by atoms with E-state index in [4.69, 9.17) is 0 Å². The first kappa shape index (κ1) is 17.3. The summed E-state index contributed by atoms with van der Waals surface area (Å²) in [5.41, 5.74) is 6.51. The summed E-state index contributed by atoms with van der Waals surface area (Å²) in [6.07, 6.45) is 3.53. The fraction of sp³-hybridized carbons (Fsp3) is 0.158. The summed E-state index contributed by atoms with van der Waals surface area (Å²) in [5, 5.41) is 10.6. The van der Waals surface area contributed by atoms with E-state index in [2.05, 4.69) is 10.9 Å². The molecular formula is C19H17N3O4. The summed E-state index contributed by atoms with van der Waals surface area (Å²) >= 11 is 0. The van der Waals surface area contributed by atoms with Crippen LogP contribution in [0.4, 0.5) is 5.69 Å². The zero-order valence-electron chi connectivity index (χ0n) is 13.8. The summed E-state index contributed by atoms with van der Waals surface area (Å²) in [4.78, 5) is 33.9. The Morgan fingerprint density at radius 1 is 1.04 bits per heavy atom. The van der Waals surface area contributed by atoms with E-state index in [-0.39, 0.29) is 23.4 Å². The second-order valence-electron chi connectivity index (χ2n) is 6.02. The van der Waals surface area contributed by atoms with Gasteiger partial charge in [0.15, 0.2) is 0 Å². The number of nitrogens with one attached hydrogen (secondary N) is 2. The van der Waals surface area contributed by atoms with Crippen LogP contribution in [0, 0.1) is 16.0 Å². The highest BCUT2D eigenvalue weighted by atomic mass is 16.6. The molecule has 2 unspecified atom stereocenters. The molecular weight excluding hydrogens is 334 g/mol. The van der Waals surface area contributed by atoms with Crippen LogP contribution in [0.5, 0.6) is 0 Å². The van der Waals surface area contributed by atoms with Gasteiger partial charge in [0.1, 0.15) is 0 Å². The Kier molecular flexibility index (Phi) is 5.07. The van der Waals surface area contributed by atoms with Gasteiger partial charge >= 0.3 is 0 Å². The number of benzene rings is 2. The maximum Gasteiger partial charge on any atom is 0.269 e. The molecule has 0 aliphatic heterocycles. The lowest BCUT2D eigenvalue weighted by molar-refractivity contribution is -0.384. The Labute approximate surface area is 149 Å². The molecule has 1 saturated carbocycles. The smallest absolute Gasteiger partial charge is 0.269 e. The van der Waals surface area contributed by atoms with Crippen LogP contribution in [-0.4, -0.2) is 16.7 Å². The van der Waals surface area contributed by atoms with Crippen LogP contribution in [-0.2, 0) is 9.59 Å². The standard InChI is InChI=1S/C19H17N3O4/c23-18(11-8-13-6-9-15(10-7-13)22(25)26)20-21-19(24)17-12-16(17)14-4-2-1-3-5-14/h1-11,16-17H,12H2,(H,20,23)(H,21,24). The van der Waals surface area contributed by atoms with Crippen molar-refractivity contribution in [2.24, 2.45) is 5.92 Å². The van der Waals surface area contributed by atoms with Crippen molar-refractivity contribution in [3.05, 3.63) is 81.9 Å². The van der Waals surface area contributed by atoms with Crippen molar-refractivity contribution in [2.45, 2.75) is 12.3 Å². The van der Waals surface area contributed by atoms with Crippen LogP contribution >= 0.6 is 0 Å². The number of carbonyl (C=O) groups is 2. The molecule has 26 heavy (non-hydrogen) atoms. The molecule has 0 aromatic heterocycles. The normalized spacial score (nSPS) is 18.3. The quantitative estimate of drug-likeness (QED) is 0.491. The molecule has 0 spiro atoms. The van der Waals surface area contributed by atoms with Crippen molar-refractivity contribution < 1.29 is 14.5 Å². The average Bonchev–Trinajstić information content (AvgIpc) is 3.46. The number of rotatable bonds is 5. The molecule has 7 heteroatoms. The number of amides is 2. The van der Waals surface area contributed by atoms with Gasteiger partial charge in [0.05, 0.1) is 4.92 Å². The van der Waals surface area contributed by atoms with E-state index in [1.807, 2.05) is 30.3 Å². The van der Waals surface area contributed by atoms with E-state index in [1.165, 1.54) is 36.4 Å². The van der Waals surface area contributed by atoms with Gasteiger partial charge in [0.2, 0.25) is 5.91 Å². The predicted octanol–water partition coefficient (Wildman–Crippen LogP) is 2.56. The number of hydrogen-bond acceptors (Lipinski definition) is 4. The van der Waals surface area contributed by atoms with Gasteiger partial charge in [-0.25, -0.2) is 0 Å². The maximum atomic E-state index is 12.1. The molecule has 3 rings (SSSR count). The van der Waals surface area contributed by atoms with Crippen LogP contribution in [0.3, 0.4) is 0 Å². The van der Waals surface area contributed by atoms with E-state index in [0.29, 0.717) is 5.56 Å². The lowest BCUT2D eigenvalue weighted by Gasteiger charge is -2.05. The second kappa shape index (κ2) is 7.60. The molecule has 2 amide bonds. The number of hydrogen-bond donors (Lipinski definition) is 2. The van der Waals surface area contributed by atoms with Crippen molar-refractivity contribution in [3.8, 4) is 0 Å². The lowest BCUT2D eigenvalue weighted by atomic mass is 10.1. The van der Waals surface area contributed by atoms with Gasteiger partial charge in [-0.05, 0) is 41.7 Å². The van der Waals surface area contributed by atoms with Gasteiger partial charge in [-0.3, -0.25) is 30.6 Å². The number of nitro benzene ring substituents is 1. The lowest BCUT2D eigenvalue weighted by Crippen LogP contribution is -2.41. The van der Waals surface area contributed by atoms with Gasteiger partial charge < -0.3 is 0 Å². The molecule has 1 aliphatic rings. The largest absolute Gasteiger partial charge is 0.273 e. The van der Waals surface area contributed by atoms with E-state index >= 15 is 0 Å². The summed E-state index contributed by atoms with van der Waals surface area (Å²) in [6.45, 7) is 0. The van der Waals surface area contributed by atoms with Gasteiger partial charge in [0, 0.05) is 24.1 Å². The van der Waals surface area contributed by atoms with Crippen molar-refractivity contribution in [1.29, 1.82) is 0 Å². The molecule has 0 radical (unpaired) electrons. The summed E-state index contributed by atoms with van der Waals surface area (Å²) in [7, 11) is 0. The Morgan fingerprint density at radius 2 is 1.73 bits per heavy atom. The summed E-state index contributed by atoms with van der Waals surface area (Å²) in [5.74, 6) is -0.621. The second-order valence-corrected chi connectivity index (χ2v) is 6.02. The molecule has 2 N–H and O–H groups in total. The number of nitrogens with zero attached hydrogens (tertiary/aromatic N) is 1. The zero-order valence-corrected chi connectivity index (χ0v) is 13.8. The van der Waals surface area contributed by atoms with Gasteiger partial charge in [-0.2, -0.15) is 0 Å². The van der Waals surface area contributed by atoms with E-state index in [1.54, 1.807) is 0 Å². The van der Waals surface area contributed by atoms with E-state index in [0.717, 1.165) is 12.0 Å². The molecule has 132 valence electrons. The Morgan fingerprint density at radius 3 is 2.38 bits per heavy atom. The van der Waals surface area contributed by atoms with Gasteiger partial charge in [-0.15, -0.1) is 0 Å². The van der Waals surface area contributed by atoms with Crippen LogP contribution in [0.15, 0.2) is 60.7 Å². The third-order valence-electron chi connectivity index (χ3n) is 4.19. The summed E-state index contributed by atoms with van der Waals surface area (Å²) < 4.78 is 0. The maximum absolute atomic E-state index is 12.1.